The molecule has 0 N–H and O–H groups in total. The molecule has 4 nitrogen and oxygen atoms in total. The third-order valence-electron chi connectivity index (χ3n) is 8.99. The second-order valence-corrected chi connectivity index (χ2v) is 9.77. The maximum absolute atomic E-state index is 6.26. The van der Waals surface area contributed by atoms with E-state index in [1.54, 1.807) is 11.1 Å². The molecule has 2 saturated carbocycles. The Kier molecular flexibility index (Phi) is 3.53. The average Bonchev–Trinajstić information content (AvgIpc) is 3.37. The fraction of sp³-hybridized carbons (Fsp3) is 0.909. The zero-order valence-corrected chi connectivity index (χ0v) is 16.1. The van der Waals surface area contributed by atoms with E-state index in [0.717, 1.165) is 63.4 Å². The van der Waals surface area contributed by atoms with Gasteiger partial charge in [0.1, 0.15) is 0 Å². The summed E-state index contributed by atoms with van der Waals surface area (Å²) in [4.78, 5) is 0. The van der Waals surface area contributed by atoms with Gasteiger partial charge in [-0.05, 0) is 56.3 Å². The minimum Gasteiger partial charge on any atom is -0.347 e. The first-order valence-corrected chi connectivity index (χ1v) is 10.9. The summed E-state index contributed by atoms with van der Waals surface area (Å²) >= 11 is 0. The second-order valence-electron chi connectivity index (χ2n) is 9.77. The fourth-order valence-corrected chi connectivity index (χ4v) is 7.82. The molecule has 2 aliphatic heterocycles. The van der Waals surface area contributed by atoms with Gasteiger partial charge in [-0.1, -0.05) is 18.1 Å². The molecule has 26 heavy (non-hydrogen) atoms. The molecule has 0 bridgehead atoms. The predicted octanol–water partition coefficient (Wildman–Crippen LogP) is 4.19. The van der Waals surface area contributed by atoms with Crippen molar-refractivity contribution in [1.29, 1.82) is 0 Å². The second kappa shape index (κ2) is 5.56. The van der Waals surface area contributed by atoms with Gasteiger partial charge >= 0.3 is 0 Å². The van der Waals surface area contributed by atoms with E-state index in [2.05, 4.69) is 6.92 Å². The monoisotopic (exact) mass is 360 g/mol. The van der Waals surface area contributed by atoms with E-state index in [-0.39, 0.29) is 17.0 Å². The van der Waals surface area contributed by atoms with Crippen LogP contribution < -0.4 is 0 Å². The molecule has 4 unspecified atom stereocenters. The van der Waals surface area contributed by atoms with Gasteiger partial charge in [-0.15, -0.1) is 0 Å². The Hall–Kier alpha value is -0.420. The maximum Gasteiger partial charge on any atom is 0.174 e. The number of rotatable bonds is 0. The smallest absolute Gasteiger partial charge is 0.174 e. The third-order valence-corrected chi connectivity index (χ3v) is 8.99. The molecule has 6 aliphatic rings. The molecule has 4 heteroatoms. The highest BCUT2D eigenvalue weighted by Gasteiger charge is 2.65. The highest BCUT2D eigenvalue weighted by atomic mass is 16.7. The Labute approximate surface area is 156 Å². The molecule has 0 amide bonds. The van der Waals surface area contributed by atoms with Crippen LogP contribution in [0.25, 0.3) is 0 Å². The largest absolute Gasteiger partial charge is 0.347 e. The van der Waals surface area contributed by atoms with Gasteiger partial charge in [0, 0.05) is 24.7 Å². The van der Waals surface area contributed by atoms with E-state index in [4.69, 9.17) is 18.9 Å². The Morgan fingerprint density at radius 3 is 2.38 bits per heavy atom. The molecule has 6 rings (SSSR count). The predicted molar refractivity (Wildman–Crippen MR) is 96.4 cm³/mol. The van der Waals surface area contributed by atoms with Crippen LogP contribution >= 0.6 is 0 Å². The number of fused-ring (bicyclic) bond motifs is 5. The maximum atomic E-state index is 6.26. The summed E-state index contributed by atoms with van der Waals surface area (Å²) < 4.78 is 24.6. The van der Waals surface area contributed by atoms with E-state index in [1.807, 2.05) is 0 Å². The van der Waals surface area contributed by atoms with Crippen molar-refractivity contribution < 1.29 is 18.9 Å². The van der Waals surface area contributed by atoms with Crippen molar-refractivity contribution in [3.05, 3.63) is 11.1 Å². The molecule has 2 spiro atoms. The topological polar surface area (TPSA) is 36.9 Å². The van der Waals surface area contributed by atoms with Gasteiger partial charge in [-0.25, -0.2) is 0 Å². The van der Waals surface area contributed by atoms with E-state index in [0.29, 0.717) is 0 Å². The minimum absolute atomic E-state index is 0.219. The molecule has 0 radical (unpaired) electrons. The number of allylic oxidation sites excluding steroid dienone is 1. The summed E-state index contributed by atoms with van der Waals surface area (Å²) in [5.74, 6) is 1.87. The molecule has 2 heterocycles. The van der Waals surface area contributed by atoms with Crippen molar-refractivity contribution in [2.45, 2.75) is 76.3 Å². The van der Waals surface area contributed by atoms with Gasteiger partial charge < -0.3 is 18.9 Å². The summed E-state index contributed by atoms with van der Waals surface area (Å²) in [5.41, 5.74) is 3.70. The molecule has 144 valence electrons. The van der Waals surface area contributed by atoms with Crippen molar-refractivity contribution in [2.75, 3.05) is 26.4 Å². The minimum atomic E-state index is -0.266. The van der Waals surface area contributed by atoms with Crippen LogP contribution in [0.5, 0.6) is 0 Å². The van der Waals surface area contributed by atoms with Crippen LogP contribution in [0.1, 0.15) is 64.7 Å². The Morgan fingerprint density at radius 2 is 1.58 bits per heavy atom. The van der Waals surface area contributed by atoms with Crippen molar-refractivity contribution in [3.8, 4) is 0 Å². The van der Waals surface area contributed by atoms with Crippen LogP contribution in [-0.2, 0) is 18.9 Å². The first-order valence-electron chi connectivity index (χ1n) is 10.9. The normalized spacial score (nSPS) is 45.8. The van der Waals surface area contributed by atoms with Crippen LogP contribution in [0.4, 0.5) is 0 Å². The van der Waals surface area contributed by atoms with Crippen molar-refractivity contribution in [2.24, 2.45) is 23.2 Å². The van der Waals surface area contributed by atoms with Crippen LogP contribution in [0.15, 0.2) is 11.1 Å². The van der Waals surface area contributed by atoms with Crippen molar-refractivity contribution in [3.63, 3.8) is 0 Å². The van der Waals surface area contributed by atoms with Gasteiger partial charge in [0.05, 0.1) is 26.4 Å². The van der Waals surface area contributed by atoms with Gasteiger partial charge in [-0.3, -0.25) is 0 Å². The molecular formula is C22H32O4. The summed E-state index contributed by atoms with van der Waals surface area (Å²) in [6.07, 6.45) is 10.9. The molecule has 2 saturated heterocycles. The fourth-order valence-electron chi connectivity index (χ4n) is 7.82. The average molecular weight is 360 g/mol. The van der Waals surface area contributed by atoms with Gasteiger partial charge in [0.2, 0.25) is 0 Å². The first-order chi connectivity index (χ1) is 12.6. The van der Waals surface area contributed by atoms with Crippen LogP contribution in [0.2, 0.25) is 0 Å². The van der Waals surface area contributed by atoms with Crippen LogP contribution in [0.3, 0.4) is 0 Å². The van der Waals surface area contributed by atoms with Gasteiger partial charge in [-0.2, -0.15) is 0 Å². The molecule has 4 aliphatic carbocycles. The number of hydrogen-bond donors (Lipinski definition) is 0. The number of ether oxygens (including phenoxy) is 4. The lowest BCUT2D eigenvalue weighted by Gasteiger charge is -2.54. The van der Waals surface area contributed by atoms with E-state index in [9.17, 15) is 0 Å². The van der Waals surface area contributed by atoms with E-state index < -0.39 is 0 Å². The standard InChI is InChI=1S/C22H32O4/c1-20-7-4-17-16-5-8-21(23-10-11-24-21)14-15(16)2-3-18(17)19(20)6-9-22(20)25-12-13-26-22/h17-19H,2-14H2,1H3. The zero-order valence-electron chi connectivity index (χ0n) is 16.1. The molecule has 0 aromatic rings. The summed E-state index contributed by atoms with van der Waals surface area (Å²) in [5, 5.41) is 0. The van der Waals surface area contributed by atoms with E-state index >= 15 is 0 Å². The molecule has 0 aromatic carbocycles. The summed E-state index contributed by atoms with van der Waals surface area (Å²) in [6, 6.07) is 0. The Bertz CT molecular complexity index is 628. The van der Waals surface area contributed by atoms with Crippen LogP contribution in [-0.4, -0.2) is 38.0 Å². The SMILES string of the molecule is CC12CCC3C4=C(CCC3C1CCC21OCCO1)CC1(CC4)OCCO1. The van der Waals surface area contributed by atoms with Gasteiger partial charge in [0.15, 0.2) is 11.6 Å². The molecule has 4 fully saturated rings. The number of hydrogen-bond acceptors (Lipinski definition) is 4. The quantitative estimate of drug-likeness (QED) is 0.607. The highest BCUT2D eigenvalue weighted by molar-refractivity contribution is 5.28. The van der Waals surface area contributed by atoms with Crippen LogP contribution in [0, 0.1) is 23.2 Å². The van der Waals surface area contributed by atoms with Crippen molar-refractivity contribution >= 4 is 0 Å². The molecule has 4 atom stereocenters. The lowest BCUT2D eigenvalue weighted by Crippen LogP contribution is -2.52. The van der Waals surface area contributed by atoms with Crippen molar-refractivity contribution in [1.82, 2.24) is 0 Å². The lowest BCUT2D eigenvalue weighted by atomic mass is 9.53. The summed E-state index contributed by atoms with van der Waals surface area (Å²) in [7, 11) is 0. The molecule has 0 aromatic heterocycles. The summed E-state index contributed by atoms with van der Waals surface area (Å²) in [6.45, 7) is 5.60. The zero-order chi connectivity index (χ0) is 17.4. The third kappa shape index (κ3) is 2.05. The lowest BCUT2D eigenvalue weighted by molar-refractivity contribution is -0.238. The Balaban J connectivity index is 1.29. The highest BCUT2D eigenvalue weighted by Crippen LogP contribution is 2.66. The van der Waals surface area contributed by atoms with E-state index in [1.165, 1.54) is 38.5 Å². The van der Waals surface area contributed by atoms with Gasteiger partial charge in [0.25, 0.3) is 0 Å². The first kappa shape index (κ1) is 16.5. The molecular weight excluding hydrogens is 328 g/mol. The Morgan fingerprint density at radius 1 is 0.808 bits per heavy atom.